The van der Waals surface area contributed by atoms with E-state index in [2.05, 4.69) is 11.1 Å². The molecule has 0 spiro atoms. The van der Waals surface area contributed by atoms with Crippen LogP contribution in [0.5, 0.6) is 0 Å². The number of nitrogens with zero attached hydrogens (tertiary/aromatic N) is 2. The third-order valence-corrected chi connectivity index (χ3v) is 7.54. The quantitative estimate of drug-likeness (QED) is 0.352. The predicted octanol–water partition coefficient (Wildman–Crippen LogP) is 5.55. The van der Waals surface area contributed by atoms with Crippen molar-refractivity contribution >= 4 is 12.2 Å². The van der Waals surface area contributed by atoms with Crippen molar-refractivity contribution in [2.24, 2.45) is 15.8 Å². The molecule has 0 radical (unpaired) electrons. The number of hydrogen-bond acceptors (Lipinski definition) is 5. The minimum absolute atomic E-state index is 0.0170. The van der Waals surface area contributed by atoms with Crippen molar-refractivity contribution in [1.29, 1.82) is 0 Å². The Hall–Kier alpha value is -2.50. The zero-order chi connectivity index (χ0) is 24.4. The smallest absolute Gasteiger partial charge is 0.313 e. The maximum atomic E-state index is 12.9. The summed E-state index contributed by atoms with van der Waals surface area (Å²) in [5, 5.41) is 0. The SMILES string of the molecule is COCC1(C=NC2CC2)CCN(CC2(C(=O)OCc3ccccc3)CCC2)CC1.c1ccccc1. The first kappa shape index (κ1) is 25.6. The summed E-state index contributed by atoms with van der Waals surface area (Å²) in [5.74, 6) is -0.0170. The lowest BCUT2D eigenvalue weighted by Gasteiger charge is -2.46. The third kappa shape index (κ3) is 7.49. The van der Waals surface area contributed by atoms with E-state index in [-0.39, 0.29) is 16.8 Å². The summed E-state index contributed by atoms with van der Waals surface area (Å²) in [6, 6.07) is 22.5. The Morgan fingerprint density at radius 2 is 1.57 bits per heavy atom. The molecule has 0 aromatic heterocycles. The molecule has 0 unspecified atom stereocenters. The molecule has 188 valence electrons. The molecule has 1 saturated heterocycles. The van der Waals surface area contributed by atoms with Crippen molar-refractivity contribution in [1.82, 2.24) is 4.90 Å². The van der Waals surface area contributed by atoms with Crippen molar-refractivity contribution in [3.63, 3.8) is 0 Å². The molecule has 35 heavy (non-hydrogen) atoms. The molecule has 2 saturated carbocycles. The lowest BCUT2D eigenvalue weighted by atomic mass is 9.68. The van der Waals surface area contributed by atoms with Gasteiger partial charge in [0, 0.05) is 31.3 Å². The van der Waals surface area contributed by atoms with E-state index in [1.165, 1.54) is 12.8 Å². The van der Waals surface area contributed by atoms with E-state index in [0.29, 0.717) is 12.6 Å². The minimum Gasteiger partial charge on any atom is -0.460 e. The van der Waals surface area contributed by atoms with Gasteiger partial charge in [0.05, 0.1) is 12.0 Å². The van der Waals surface area contributed by atoms with Crippen molar-refractivity contribution in [2.45, 2.75) is 57.6 Å². The van der Waals surface area contributed by atoms with E-state index in [1.807, 2.05) is 66.7 Å². The van der Waals surface area contributed by atoms with Crippen LogP contribution in [0.2, 0.25) is 0 Å². The second-order valence-corrected chi connectivity index (χ2v) is 10.4. The fourth-order valence-electron chi connectivity index (χ4n) is 4.96. The summed E-state index contributed by atoms with van der Waals surface area (Å²) >= 11 is 0. The van der Waals surface area contributed by atoms with E-state index in [1.54, 1.807) is 7.11 Å². The van der Waals surface area contributed by atoms with Crippen LogP contribution in [-0.4, -0.2) is 56.5 Å². The van der Waals surface area contributed by atoms with E-state index < -0.39 is 0 Å². The highest BCUT2D eigenvalue weighted by molar-refractivity contribution is 5.78. The molecule has 3 aliphatic rings. The highest BCUT2D eigenvalue weighted by Crippen LogP contribution is 2.44. The Labute approximate surface area is 210 Å². The second kappa shape index (κ2) is 12.5. The molecule has 2 aromatic carbocycles. The number of esters is 1. The molecular weight excluding hydrogens is 436 g/mol. The number of likely N-dealkylation sites (tertiary alicyclic amines) is 1. The number of hydrogen-bond donors (Lipinski definition) is 0. The van der Waals surface area contributed by atoms with Gasteiger partial charge >= 0.3 is 5.97 Å². The molecule has 1 aliphatic heterocycles. The van der Waals surface area contributed by atoms with Gasteiger partial charge in [0.1, 0.15) is 6.61 Å². The largest absolute Gasteiger partial charge is 0.460 e. The van der Waals surface area contributed by atoms with Crippen LogP contribution in [0.1, 0.15) is 50.5 Å². The fourth-order valence-corrected chi connectivity index (χ4v) is 4.96. The molecule has 5 rings (SSSR count). The monoisotopic (exact) mass is 476 g/mol. The van der Waals surface area contributed by atoms with Gasteiger partial charge in [-0.2, -0.15) is 0 Å². The van der Waals surface area contributed by atoms with Crippen LogP contribution in [0, 0.1) is 10.8 Å². The van der Waals surface area contributed by atoms with Gasteiger partial charge in [-0.3, -0.25) is 9.79 Å². The average Bonchev–Trinajstić information content (AvgIpc) is 3.72. The van der Waals surface area contributed by atoms with Crippen LogP contribution >= 0.6 is 0 Å². The number of rotatable bonds is 9. The first-order chi connectivity index (χ1) is 17.1. The normalized spacial score (nSPS) is 20.9. The molecule has 0 atom stereocenters. The van der Waals surface area contributed by atoms with Gasteiger partial charge in [-0.1, -0.05) is 73.2 Å². The molecular formula is C30H40N2O3. The highest BCUT2D eigenvalue weighted by Gasteiger charge is 2.47. The van der Waals surface area contributed by atoms with Crippen LogP contribution in [0.3, 0.4) is 0 Å². The van der Waals surface area contributed by atoms with E-state index >= 15 is 0 Å². The van der Waals surface area contributed by atoms with E-state index in [9.17, 15) is 4.79 Å². The van der Waals surface area contributed by atoms with Crippen molar-refractivity contribution in [3.8, 4) is 0 Å². The number of carbonyl (C=O) groups is 1. The van der Waals surface area contributed by atoms with Crippen LogP contribution in [0.15, 0.2) is 71.7 Å². The summed E-state index contributed by atoms with van der Waals surface area (Å²) in [7, 11) is 1.78. The summed E-state index contributed by atoms with van der Waals surface area (Å²) in [6.07, 6.45) is 9.78. The standard InChI is InChI=1S/C24H34N2O3.C6H6/c1-28-19-23(17-25-21-8-9-21)12-14-26(15-13-23)18-24(10-5-11-24)22(27)29-16-20-6-3-2-4-7-20;1-2-4-6-5-3-1/h2-4,6-7,17,21H,5,8-16,18-19H2,1H3;1-6H. The maximum absolute atomic E-state index is 12.9. The van der Waals surface area contributed by atoms with Crippen molar-refractivity contribution < 1.29 is 14.3 Å². The number of carbonyl (C=O) groups excluding carboxylic acids is 1. The molecule has 5 nitrogen and oxygen atoms in total. The zero-order valence-corrected chi connectivity index (χ0v) is 21.1. The lowest BCUT2D eigenvalue weighted by molar-refractivity contribution is -0.165. The van der Waals surface area contributed by atoms with Gasteiger partial charge in [-0.25, -0.2) is 0 Å². The van der Waals surface area contributed by atoms with E-state index in [0.717, 1.165) is 63.9 Å². The Kier molecular flexibility index (Phi) is 9.11. The summed E-state index contributed by atoms with van der Waals surface area (Å²) in [4.78, 5) is 20.1. The fraction of sp³-hybridized carbons (Fsp3) is 0.533. The van der Waals surface area contributed by atoms with Crippen LogP contribution < -0.4 is 0 Å². The topological polar surface area (TPSA) is 51.1 Å². The molecule has 3 fully saturated rings. The van der Waals surface area contributed by atoms with Gasteiger partial charge in [0.15, 0.2) is 0 Å². The first-order valence-corrected chi connectivity index (χ1v) is 13.1. The Balaban J connectivity index is 0.000000421. The first-order valence-electron chi connectivity index (χ1n) is 13.1. The molecule has 2 aliphatic carbocycles. The Morgan fingerprint density at radius 3 is 2.09 bits per heavy atom. The number of benzene rings is 2. The molecule has 0 amide bonds. The van der Waals surface area contributed by atoms with Gasteiger partial charge < -0.3 is 14.4 Å². The maximum Gasteiger partial charge on any atom is 0.313 e. The van der Waals surface area contributed by atoms with Crippen molar-refractivity contribution in [3.05, 3.63) is 72.3 Å². The van der Waals surface area contributed by atoms with Gasteiger partial charge in [0.25, 0.3) is 0 Å². The number of aliphatic imine (C=N–C) groups is 1. The van der Waals surface area contributed by atoms with E-state index in [4.69, 9.17) is 14.5 Å². The zero-order valence-electron chi connectivity index (χ0n) is 21.1. The molecule has 0 bridgehead atoms. The van der Waals surface area contributed by atoms with Crippen molar-refractivity contribution in [2.75, 3.05) is 33.4 Å². The lowest BCUT2D eigenvalue weighted by Crippen LogP contribution is -2.52. The molecule has 1 heterocycles. The molecule has 5 heteroatoms. The van der Waals surface area contributed by atoms with Gasteiger partial charge in [-0.15, -0.1) is 0 Å². The molecule has 2 aromatic rings. The summed E-state index contributed by atoms with van der Waals surface area (Å²) in [6.45, 7) is 3.92. The van der Waals surface area contributed by atoms with Gasteiger partial charge in [-0.05, 0) is 57.2 Å². The predicted molar refractivity (Wildman–Crippen MR) is 140 cm³/mol. The highest BCUT2D eigenvalue weighted by atomic mass is 16.5. The average molecular weight is 477 g/mol. The van der Waals surface area contributed by atoms with Gasteiger partial charge in [0.2, 0.25) is 0 Å². The number of methoxy groups -OCH3 is 1. The van der Waals surface area contributed by atoms with Crippen LogP contribution in [0.25, 0.3) is 0 Å². The summed E-state index contributed by atoms with van der Waals surface area (Å²) < 4.78 is 11.3. The number of piperidine rings is 1. The Bertz CT molecular complexity index is 888. The summed E-state index contributed by atoms with van der Waals surface area (Å²) in [5.41, 5.74) is 0.805. The Morgan fingerprint density at radius 1 is 0.971 bits per heavy atom. The van der Waals surface area contributed by atoms with Crippen LogP contribution in [0.4, 0.5) is 0 Å². The number of ether oxygens (including phenoxy) is 2. The van der Waals surface area contributed by atoms with Crippen LogP contribution in [-0.2, 0) is 20.9 Å². The minimum atomic E-state index is -0.307. The second-order valence-electron chi connectivity index (χ2n) is 10.4. The molecule has 0 N–H and O–H groups in total. The third-order valence-electron chi connectivity index (χ3n) is 7.54.